The van der Waals surface area contributed by atoms with E-state index >= 15 is 0 Å². The number of ether oxygens (including phenoxy) is 1. The molecule has 7 nitrogen and oxygen atoms in total. The Balaban J connectivity index is 2.12. The van der Waals surface area contributed by atoms with Crippen LogP contribution in [0.1, 0.15) is 36.2 Å². The van der Waals surface area contributed by atoms with Gasteiger partial charge in [-0.05, 0) is 24.0 Å². The van der Waals surface area contributed by atoms with Crippen LogP contribution in [0.3, 0.4) is 0 Å². The van der Waals surface area contributed by atoms with E-state index in [4.69, 9.17) is 16.3 Å². The Kier molecular flexibility index (Phi) is 7.52. The number of nitro benzene ring substituents is 1. The van der Waals surface area contributed by atoms with E-state index in [-0.39, 0.29) is 28.8 Å². The van der Waals surface area contributed by atoms with Gasteiger partial charge in [0.05, 0.1) is 15.5 Å². The minimum absolute atomic E-state index is 0.0593. The molecular weight excluding hydrogens is 384 g/mol. The first kappa shape index (κ1) is 21.4. The number of non-ortho nitro benzene ring substituents is 1. The van der Waals surface area contributed by atoms with Crippen molar-refractivity contribution in [3.8, 4) is 0 Å². The van der Waals surface area contributed by atoms with Crippen LogP contribution in [0.2, 0.25) is 5.02 Å². The molecule has 1 N–H and O–H groups in total. The first-order valence-electron chi connectivity index (χ1n) is 8.73. The SMILES string of the molecule is CC(C)C[C@H](NC(=O)c1cc([N+](=O)[O-])ccc1Cl)C(=O)OCc1ccccc1. The highest BCUT2D eigenvalue weighted by Crippen LogP contribution is 2.22. The number of esters is 1. The van der Waals surface area contributed by atoms with Gasteiger partial charge in [0.15, 0.2) is 0 Å². The fourth-order valence-electron chi connectivity index (χ4n) is 2.55. The number of rotatable bonds is 8. The fourth-order valence-corrected chi connectivity index (χ4v) is 2.75. The average Bonchev–Trinajstić information content (AvgIpc) is 2.66. The third-order valence-corrected chi connectivity index (χ3v) is 4.26. The summed E-state index contributed by atoms with van der Waals surface area (Å²) in [5.41, 5.74) is 0.495. The van der Waals surface area contributed by atoms with E-state index in [0.29, 0.717) is 6.42 Å². The second-order valence-electron chi connectivity index (χ2n) is 6.67. The molecule has 0 spiro atoms. The van der Waals surface area contributed by atoms with E-state index in [0.717, 1.165) is 11.6 Å². The van der Waals surface area contributed by atoms with E-state index in [9.17, 15) is 19.7 Å². The molecule has 0 fully saturated rings. The second kappa shape index (κ2) is 9.85. The second-order valence-corrected chi connectivity index (χ2v) is 7.08. The van der Waals surface area contributed by atoms with Crippen molar-refractivity contribution < 1.29 is 19.2 Å². The molecule has 148 valence electrons. The molecule has 8 heteroatoms. The van der Waals surface area contributed by atoms with Crippen LogP contribution in [0.5, 0.6) is 0 Å². The molecule has 0 unspecified atom stereocenters. The molecule has 0 aliphatic heterocycles. The van der Waals surface area contributed by atoms with Crippen molar-refractivity contribution in [3.05, 3.63) is 74.8 Å². The number of hydrogen-bond donors (Lipinski definition) is 1. The van der Waals surface area contributed by atoms with Crippen molar-refractivity contribution in [1.82, 2.24) is 5.32 Å². The van der Waals surface area contributed by atoms with Gasteiger partial charge in [-0.25, -0.2) is 4.79 Å². The molecule has 2 aromatic carbocycles. The Morgan fingerprint density at radius 1 is 1.18 bits per heavy atom. The Labute approximate surface area is 167 Å². The largest absolute Gasteiger partial charge is 0.459 e. The van der Waals surface area contributed by atoms with E-state index in [1.54, 1.807) is 0 Å². The number of nitrogens with one attached hydrogen (secondary N) is 1. The fraction of sp³-hybridized carbons (Fsp3) is 0.300. The van der Waals surface area contributed by atoms with Gasteiger partial charge in [0, 0.05) is 12.1 Å². The van der Waals surface area contributed by atoms with Crippen LogP contribution in [-0.4, -0.2) is 22.8 Å². The molecule has 1 amide bonds. The van der Waals surface area contributed by atoms with Gasteiger partial charge >= 0.3 is 5.97 Å². The summed E-state index contributed by atoms with van der Waals surface area (Å²) < 4.78 is 5.33. The normalized spacial score (nSPS) is 11.7. The Morgan fingerprint density at radius 3 is 2.46 bits per heavy atom. The van der Waals surface area contributed by atoms with Gasteiger partial charge in [-0.15, -0.1) is 0 Å². The lowest BCUT2D eigenvalue weighted by atomic mass is 10.0. The summed E-state index contributed by atoms with van der Waals surface area (Å²) in [7, 11) is 0. The number of benzene rings is 2. The summed E-state index contributed by atoms with van der Waals surface area (Å²) in [5, 5.41) is 13.6. The quantitative estimate of drug-likeness (QED) is 0.405. The molecular formula is C20H21ClN2O5. The van der Waals surface area contributed by atoms with Gasteiger partial charge in [-0.3, -0.25) is 14.9 Å². The molecule has 0 saturated heterocycles. The lowest BCUT2D eigenvalue weighted by molar-refractivity contribution is -0.384. The molecule has 1 atom stereocenters. The highest BCUT2D eigenvalue weighted by Gasteiger charge is 2.26. The summed E-state index contributed by atoms with van der Waals surface area (Å²) >= 11 is 6.01. The number of carbonyl (C=O) groups is 2. The van der Waals surface area contributed by atoms with Gasteiger partial charge in [0.2, 0.25) is 0 Å². The van der Waals surface area contributed by atoms with E-state index in [1.807, 2.05) is 44.2 Å². The van der Waals surface area contributed by atoms with Gasteiger partial charge < -0.3 is 10.1 Å². The summed E-state index contributed by atoms with van der Waals surface area (Å²) in [6, 6.07) is 11.8. The topological polar surface area (TPSA) is 98.5 Å². The Hall–Kier alpha value is -2.93. The maximum atomic E-state index is 12.6. The predicted octanol–water partition coefficient (Wildman–Crippen LogP) is 4.14. The van der Waals surface area contributed by atoms with Crippen LogP contribution in [-0.2, 0) is 16.1 Å². The van der Waals surface area contributed by atoms with Crippen molar-refractivity contribution in [3.63, 3.8) is 0 Å². The minimum atomic E-state index is -0.897. The third kappa shape index (κ3) is 6.06. The summed E-state index contributed by atoms with van der Waals surface area (Å²) in [6.45, 7) is 3.90. The van der Waals surface area contributed by atoms with Crippen molar-refractivity contribution >= 4 is 29.2 Å². The smallest absolute Gasteiger partial charge is 0.328 e. The molecule has 0 aromatic heterocycles. The highest BCUT2D eigenvalue weighted by molar-refractivity contribution is 6.34. The lowest BCUT2D eigenvalue weighted by Crippen LogP contribution is -2.42. The zero-order valence-corrected chi connectivity index (χ0v) is 16.3. The molecule has 28 heavy (non-hydrogen) atoms. The van der Waals surface area contributed by atoms with Gasteiger partial charge in [0.25, 0.3) is 11.6 Å². The number of carbonyl (C=O) groups excluding carboxylic acids is 2. The Morgan fingerprint density at radius 2 is 1.86 bits per heavy atom. The monoisotopic (exact) mass is 404 g/mol. The molecule has 0 bridgehead atoms. The van der Waals surface area contributed by atoms with Crippen molar-refractivity contribution in [2.75, 3.05) is 0 Å². The number of nitro groups is 1. The minimum Gasteiger partial charge on any atom is -0.459 e. The molecule has 0 saturated carbocycles. The maximum Gasteiger partial charge on any atom is 0.328 e. The average molecular weight is 405 g/mol. The first-order valence-corrected chi connectivity index (χ1v) is 9.11. The van der Waals surface area contributed by atoms with E-state index < -0.39 is 22.8 Å². The number of amides is 1. The number of hydrogen-bond acceptors (Lipinski definition) is 5. The van der Waals surface area contributed by atoms with Crippen LogP contribution in [0.15, 0.2) is 48.5 Å². The summed E-state index contributed by atoms with van der Waals surface area (Å²) in [5.74, 6) is -1.14. The molecule has 0 radical (unpaired) electrons. The van der Waals surface area contributed by atoms with Gasteiger partial charge in [-0.2, -0.15) is 0 Å². The molecule has 2 rings (SSSR count). The van der Waals surface area contributed by atoms with Crippen molar-refractivity contribution in [2.45, 2.75) is 32.9 Å². The van der Waals surface area contributed by atoms with E-state index in [1.165, 1.54) is 12.1 Å². The van der Waals surface area contributed by atoms with Gasteiger partial charge in [-0.1, -0.05) is 55.8 Å². The zero-order chi connectivity index (χ0) is 20.7. The first-order chi connectivity index (χ1) is 13.3. The summed E-state index contributed by atoms with van der Waals surface area (Å²) in [6.07, 6.45) is 0.353. The van der Waals surface area contributed by atoms with Crippen molar-refractivity contribution in [2.24, 2.45) is 5.92 Å². The standard InChI is InChI=1S/C20H21ClN2O5/c1-13(2)10-18(20(25)28-12-14-6-4-3-5-7-14)22-19(24)16-11-15(23(26)27)8-9-17(16)21/h3-9,11,13,18H,10,12H2,1-2H3,(H,22,24)/t18-/m0/s1. The maximum absolute atomic E-state index is 12.6. The van der Waals surface area contributed by atoms with Crippen LogP contribution in [0.25, 0.3) is 0 Å². The molecule has 0 heterocycles. The Bertz CT molecular complexity index is 855. The van der Waals surface area contributed by atoms with Crippen LogP contribution in [0, 0.1) is 16.0 Å². The van der Waals surface area contributed by atoms with Crippen LogP contribution in [0.4, 0.5) is 5.69 Å². The third-order valence-electron chi connectivity index (χ3n) is 3.93. The number of nitrogens with zero attached hydrogens (tertiary/aromatic N) is 1. The highest BCUT2D eigenvalue weighted by atomic mass is 35.5. The molecule has 2 aromatic rings. The number of halogens is 1. The van der Waals surface area contributed by atoms with E-state index in [2.05, 4.69) is 5.32 Å². The molecule has 0 aliphatic carbocycles. The van der Waals surface area contributed by atoms with Crippen molar-refractivity contribution in [1.29, 1.82) is 0 Å². The molecule has 0 aliphatic rings. The van der Waals surface area contributed by atoms with Crippen LogP contribution < -0.4 is 5.32 Å². The summed E-state index contributed by atoms with van der Waals surface area (Å²) in [4.78, 5) is 35.4. The lowest BCUT2D eigenvalue weighted by Gasteiger charge is -2.19. The van der Waals surface area contributed by atoms with Crippen LogP contribution >= 0.6 is 11.6 Å². The predicted molar refractivity (Wildman–Crippen MR) is 105 cm³/mol. The van der Waals surface area contributed by atoms with Gasteiger partial charge in [0.1, 0.15) is 12.6 Å². The zero-order valence-electron chi connectivity index (χ0n) is 15.6.